The summed E-state index contributed by atoms with van der Waals surface area (Å²) in [7, 11) is 3.22. The molecular weight excluding hydrogens is 430 g/mol. The molecule has 8 nitrogen and oxygen atoms in total. The topological polar surface area (TPSA) is 90.6 Å². The van der Waals surface area contributed by atoms with Gasteiger partial charge in [0.25, 0.3) is 5.78 Å². The first-order chi connectivity index (χ1) is 16.5. The summed E-state index contributed by atoms with van der Waals surface area (Å²) in [5, 5.41) is 7.75. The molecule has 180 valence electrons. The third-order valence-electron chi connectivity index (χ3n) is 6.41. The van der Waals surface area contributed by atoms with Crippen LogP contribution in [0.15, 0.2) is 29.8 Å². The van der Waals surface area contributed by atoms with E-state index >= 15 is 0 Å². The summed E-state index contributed by atoms with van der Waals surface area (Å²) in [6, 6.07) is 5.55. The predicted octanol–water partition coefficient (Wildman–Crippen LogP) is 4.36. The monoisotopic (exact) mass is 463 g/mol. The van der Waals surface area contributed by atoms with Crippen LogP contribution in [0.3, 0.4) is 0 Å². The number of hydrogen-bond acceptors (Lipinski definition) is 6. The van der Waals surface area contributed by atoms with Gasteiger partial charge in [-0.15, -0.1) is 5.10 Å². The van der Waals surface area contributed by atoms with Crippen LogP contribution in [0.25, 0.3) is 17.2 Å². The van der Waals surface area contributed by atoms with Gasteiger partial charge in [0, 0.05) is 36.0 Å². The van der Waals surface area contributed by atoms with Gasteiger partial charge in [-0.3, -0.25) is 4.79 Å². The van der Waals surface area contributed by atoms with E-state index in [2.05, 4.69) is 26.5 Å². The summed E-state index contributed by atoms with van der Waals surface area (Å²) in [6.45, 7) is 4.66. The lowest BCUT2D eigenvalue weighted by Crippen LogP contribution is -2.25. The molecule has 2 heterocycles. The Labute approximate surface area is 200 Å². The molecular formula is C26H33N5O3. The van der Waals surface area contributed by atoms with E-state index in [9.17, 15) is 4.79 Å². The maximum Gasteiger partial charge on any atom is 0.253 e. The number of aryl methyl sites for hydroxylation is 2. The average Bonchev–Trinajstić information content (AvgIpc) is 3.28. The van der Waals surface area contributed by atoms with Crippen molar-refractivity contribution < 1.29 is 14.3 Å². The highest BCUT2D eigenvalue weighted by Crippen LogP contribution is 2.28. The maximum atomic E-state index is 12.4. The van der Waals surface area contributed by atoms with Crippen molar-refractivity contribution in [2.45, 2.75) is 58.8 Å². The van der Waals surface area contributed by atoms with Crippen LogP contribution in [0.4, 0.5) is 0 Å². The second kappa shape index (κ2) is 10.7. The number of benzene rings is 1. The van der Waals surface area contributed by atoms with Gasteiger partial charge in [-0.25, -0.2) is 9.50 Å². The van der Waals surface area contributed by atoms with Crippen LogP contribution in [0.2, 0.25) is 0 Å². The van der Waals surface area contributed by atoms with Crippen molar-refractivity contribution in [1.29, 1.82) is 0 Å². The van der Waals surface area contributed by atoms with Gasteiger partial charge in [0.2, 0.25) is 5.91 Å². The van der Waals surface area contributed by atoms with Crippen molar-refractivity contribution in [1.82, 2.24) is 24.9 Å². The van der Waals surface area contributed by atoms with Crippen molar-refractivity contribution in [3.8, 4) is 22.9 Å². The molecule has 0 unspecified atom stereocenters. The Bertz CT molecular complexity index is 1190. The molecule has 4 rings (SSSR count). The van der Waals surface area contributed by atoms with Crippen LogP contribution in [0, 0.1) is 13.8 Å². The smallest absolute Gasteiger partial charge is 0.253 e. The van der Waals surface area contributed by atoms with E-state index in [0.29, 0.717) is 42.5 Å². The fourth-order valence-corrected chi connectivity index (χ4v) is 4.45. The number of aromatic nitrogens is 4. The second-order valence-electron chi connectivity index (χ2n) is 8.72. The lowest BCUT2D eigenvalue weighted by molar-refractivity contribution is -0.121. The first kappa shape index (κ1) is 23.7. The van der Waals surface area contributed by atoms with Crippen molar-refractivity contribution in [2.24, 2.45) is 0 Å². The van der Waals surface area contributed by atoms with E-state index in [0.717, 1.165) is 28.9 Å². The standard InChI is InChI=1S/C26H33N5O3/c1-17-23(10-11-24(32)27-13-12-19-8-6-5-7-9-19)18(2)31-26(28-17)29-25(30-31)20-14-21(33-3)16-22(15-20)34-4/h8,14-16H,5-7,9-13H2,1-4H3,(H,27,32). The number of rotatable bonds is 9. The third kappa shape index (κ3) is 5.38. The molecule has 1 aromatic carbocycles. The number of carbonyl (C=O) groups is 1. The van der Waals surface area contributed by atoms with Crippen LogP contribution in [-0.4, -0.2) is 46.3 Å². The number of ether oxygens (including phenoxy) is 2. The van der Waals surface area contributed by atoms with Gasteiger partial charge in [-0.05, 0) is 70.1 Å². The number of methoxy groups -OCH3 is 2. The summed E-state index contributed by atoms with van der Waals surface area (Å²) < 4.78 is 12.5. The molecule has 0 atom stereocenters. The zero-order chi connectivity index (χ0) is 24.1. The average molecular weight is 464 g/mol. The van der Waals surface area contributed by atoms with Gasteiger partial charge in [-0.2, -0.15) is 4.98 Å². The van der Waals surface area contributed by atoms with E-state index in [1.54, 1.807) is 18.7 Å². The van der Waals surface area contributed by atoms with E-state index < -0.39 is 0 Å². The second-order valence-corrected chi connectivity index (χ2v) is 8.72. The Morgan fingerprint density at radius 1 is 1.06 bits per heavy atom. The lowest BCUT2D eigenvalue weighted by atomic mass is 9.97. The number of allylic oxidation sites excluding steroid dienone is 1. The normalized spacial score (nSPS) is 13.6. The number of nitrogens with one attached hydrogen (secondary N) is 1. The molecule has 1 aliphatic rings. The Morgan fingerprint density at radius 2 is 1.82 bits per heavy atom. The van der Waals surface area contributed by atoms with Gasteiger partial charge in [-0.1, -0.05) is 11.6 Å². The first-order valence-corrected chi connectivity index (χ1v) is 11.9. The van der Waals surface area contributed by atoms with Gasteiger partial charge in [0.05, 0.1) is 14.2 Å². The molecule has 0 fully saturated rings. The maximum absolute atomic E-state index is 12.4. The molecule has 0 saturated carbocycles. The first-order valence-electron chi connectivity index (χ1n) is 11.9. The summed E-state index contributed by atoms with van der Waals surface area (Å²) >= 11 is 0. The van der Waals surface area contributed by atoms with Gasteiger partial charge in [0.1, 0.15) is 11.5 Å². The number of carbonyl (C=O) groups excluding carboxylic acids is 1. The number of nitrogens with zero attached hydrogens (tertiary/aromatic N) is 4. The molecule has 0 aliphatic heterocycles. The number of amides is 1. The van der Waals surface area contributed by atoms with E-state index in [4.69, 9.17) is 9.47 Å². The number of fused-ring (bicyclic) bond motifs is 1. The number of hydrogen-bond donors (Lipinski definition) is 1. The summed E-state index contributed by atoms with van der Waals surface area (Å²) in [4.78, 5) is 21.7. The zero-order valence-corrected chi connectivity index (χ0v) is 20.5. The predicted molar refractivity (Wildman–Crippen MR) is 131 cm³/mol. The highest BCUT2D eigenvalue weighted by Gasteiger charge is 2.16. The molecule has 0 saturated heterocycles. The summed E-state index contributed by atoms with van der Waals surface area (Å²) in [5.41, 5.74) is 5.09. The third-order valence-corrected chi connectivity index (χ3v) is 6.41. The van der Waals surface area contributed by atoms with Crippen molar-refractivity contribution in [3.63, 3.8) is 0 Å². The van der Waals surface area contributed by atoms with Crippen LogP contribution in [-0.2, 0) is 11.2 Å². The van der Waals surface area contributed by atoms with E-state index in [-0.39, 0.29) is 5.91 Å². The molecule has 2 aromatic heterocycles. The molecule has 1 aliphatic carbocycles. The summed E-state index contributed by atoms with van der Waals surface area (Å²) in [6.07, 6.45) is 9.21. The SMILES string of the molecule is COc1cc(OC)cc(-c2nc3nc(C)c(CCC(=O)NCCC4=CCCCC4)c(C)n3n2)c1. The Balaban J connectivity index is 1.46. The Morgan fingerprint density at radius 3 is 2.50 bits per heavy atom. The molecule has 8 heteroatoms. The molecule has 1 amide bonds. The van der Waals surface area contributed by atoms with Gasteiger partial charge in [0.15, 0.2) is 5.82 Å². The van der Waals surface area contributed by atoms with Crippen molar-refractivity contribution in [3.05, 3.63) is 46.8 Å². The largest absolute Gasteiger partial charge is 0.497 e. The molecule has 0 radical (unpaired) electrons. The van der Waals surface area contributed by atoms with Crippen molar-refractivity contribution >= 4 is 11.7 Å². The Kier molecular flexibility index (Phi) is 7.45. The van der Waals surface area contributed by atoms with Crippen LogP contribution < -0.4 is 14.8 Å². The highest BCUT2D eigenvalue weighted by molar-refractivity contribution is 5.76. The minimum absolute atomic E-state index is 0.0676. The van der Waals surface area contributed by atoms with Crippen molar-refractivity contribution in [2.75, 3.05) is 20.8 Å². The van der Waals surface area contributed by atoms with E-state index in [1.165, 1.54) is 31.3 Å². The van der Waals surface area contributed by atoms with E-state index in [1.807, 2.05) is 32.0 Å². The molecule has 3 aromatic rings. The quantitative estimate of drug-likeness (QED) is 0.474. The van der Waals surface area contributed by atoms with Crippen LogP contribution >= 0.6 is 0 Å². The van der Waals surface area contributed by atoms with Crippen LogP contribution in [0.5, 0.6) is 11.5 Å². The fraction of sp³-hybridized carbons (Fsp3) is 0.462. The molecule has 1 N–H and O–H groups in total. The Hall–Kier alpha value is -3.42. The fourth-order valence-electron chi connectivity index (χ4n) is 4.45. The summed E-state index contributed by atoms with van der Waals surface area (Å²) in [5.74, 6) is 2.47. The minimum Gasteiger partial charge on any atom is -0.497 e. The molecule has 0 bridgehead atoms. The highest BCUT2D eigenvalue weighted by atomic mass is 16.5. The zero-order valence-electron chi connectivity index (χ0n) is 20.5. The van der Waals surface area contributed by atoms with Crippen LogP contribution in [0.1, 0.15) is 55.5 Å². The molecule has 0 spiro atoms. The molecule has 34 heavy (non-hydrogen) atoms. The van der Waals surface area contributed by atoms with Gasteiger partial charge < -0.3 is 14.8 Å². The lowest BCUT2D eigenvalue weighted by Gasteiger charge is -2.13. The van der Waals surface area contributed by atoms with Gasteiger partial charge >= 0.3 is 0 Å². The minimum atomic E-state index is 0.0676.